The first kappa shape index (κ1) is 10.9. The Morgan fingerprint density at radius 1 is 1.47 bits per heavy atom. The minimum absolute atomic E-state index is 0.0375. The van der Waals surface area contributed by atoms with Crippen LogP contribution in [0.15, 0.2) is 33.5 Å². The molecule has 2 aromatic rings. The Hall–Kier alpha value is -2.63. The molecule has 0 fully saturated rings. The lowest BCUT2D eigenvalue weighted by molar-refractivity contribution is -0.384. The Morgan fingerprint density at radius 3 is 2.82 bits per heavy atom. The van der Waals surface area contributed by atoms with E-state index in [1.807, 2.05) is 0 Å². The van der Waals surface area contributed by atoms with E-state index in [4.69, 9.17) is 0 Å². The topological polar surface area (TPSA) is 89.1 Å². The van der Waals surface area contributed by atoms with Crippen LogP contribution < -0.4 is 16.5 Å². The Bertz CT molecular complexity index is 726. The standard InChI is InChI=1S/C11H8N2O4/c1-7-12-10(11(14)17-7)6-8-3-2-4-9(5-8)13(15)16/h2-6,12H,1H2/b10-6-. The van der Waals surface area contributed by atoms with Gasteiger partial charge in [-0.1, -0.05) is 12.1 Å². The summed E-state index contributed by atoms with van der Waals surface area (Å²) in [5.41, 5.74) is 0.0890. The molecule has 1 aromatic carbocycles. The molecule has 0 unspecified atom stereocenters. The van der Waals surface area contributed by atoms with Crippen LogP contribution >= 0.6 is 0 Å². The molecule has 0 saturated carbocycles. The molecule has 6 heteroatoms. The van der Waals surface area contributed by atoms with E-state index in [1.165, 1.54) is 18.2 Å². The van der Waals surface area contributed by atoms with Gasteiger partial charge in [-0.3, -0.25) is 10.1 Å². The highest BCUT2D eigenvalue weighted by Crippen LogP contribution is 2.12. The summed E-state index contributed by atoms with van der Waals surface area (Å²) in [5.74, 6) is 0. The third-order valence-corrected chi connectivity index (χ3v) is 2.10. The zero-order valence-corrected chi connectivity index (χ0v) is 8.67. The summed E-state index contributed by atoms with van der Waals surface area (Å²) in [6.45, 7) is 3.44. The van der Waals surface area contributed by atoms with E-state index in [1.54, 1.807) is 12.1 Å². The minimum atomic E-state index is -0.554. The summed E-state index contributed by atoms with van der Waals surface area (Å²) in [4.78, 5) is 24.0. The zero-order valence-electron chi connectivity index (χ0n) is 8.67. The van der Waals surface area contributed by atoms with Crippen LogP contribution in [0.3, 0.4) is 0 Å². The normalized spacial score (nSPS) is 11.6. The molecule has 0 aliphatic carbocycles. The number of nitrogens with zero attached hydrogens (tertiary/aromatic N) is 1. The number of hydrogen-bond donors (Lipinski definition) is 1. The number of nitrogens with one attached hydrogen (secondary N) is 1. The first-order valence-corrected chi connectivity index (χ1v) is 4.70. The molecule has 86 valence electrons. The van der Waals surface area contributed by atoms with Crippen molar-refractivity contribution >= 4 is 18.3 Å². The van der Waals surface area contributed by atoms with E-state index in [0.717, 1.165) is 0 Å². The van der Waals surface area contributed by atoms with Gasteiger partial charge in [0.1, 0.15) is 5.35 Å². The summed E-state index contributed by atoms with van der Waals surface area (Å²) < 4.78 is 4.68. The molecule has 0 atom stereocenters. The predicted molar refractivity (Wildman–Crippen MR) is 60.8 cm³/mol. The van der Waals surface area contributed by atoms with Gasteiger partial charge < -0.3 is 9.40 Å². The molecule has 1 aromatic heterocycles. The van der Waals surface area contributed by atoms with Crippen LogP contribution in [0, 0.1) is 10.1 Å². The van der Waals surface area contributed by atoms with Crippen molar-refractivity contribution in [1.29, 1.82) is 0 Å². The molecule has 0 amide bonds. The number of nitro groups is 1. The van der Waals surface area contributed by atoms with Crippen LogP contribution in [0.4, 0.5) is 5.69 Å². The van der Waals surface area contributed by atoms with Crippen LogP contribution in [0.1, 0.15) is 5.56 Å². The molecule has 0 aliphatic heterocycles. The quantitative estimate of drug-likeness (QED) is 0.588. The van der Waals surface area contributed by atoms with Crippen LogP contribution in [0.25, 0.3) is 12.7 Å². The Labute approximate surface area is 94.7 Å². The summed E-state index contributed by atoms with van der Waals surface area (Å²) in [5, 5.41) is 10.8. The Kier molecular flexibility index (Phi) is 2.61. The molecule has 1 N–H and O–H groups in total. The molecule has 0 aliphatic rings. The Balaban J connectivity index is 2.56. The second-order valence-corrected chi connectivity index (χ2v) is 3.35. The van der Waals surface area contributed by atoms with E-state index in [0.29, 0.717) is 5.56 Å². The Morgan fingerprint density at radius 2 is 2.24 bits per heavy atom. The molecule has 0 spiro atoms. The van der Waals surface area contributed by atoms with Gasteiger partial charge in [0.05, 0.1) is 4.92 Å². The number of H-pyrrole nitrogens is 1. The van der Waals surface area contributed by atoms with Crippen molar-refractivity contribution in [3.8, 4) is 0 Å². The number of hydrogen-bond acceptors (Lipinski definition) is 4. The highest BCUT2D eigenvalue weighted by molar-refractivity contribution is 5.52. The SMILES string of the molecule is C=c1[nH]/c(=C\c2cccc([N+](=O)[O-])c2)c(=O)o1. The van der Waals surface area contributed by atoms with Gasteiger partial charge in [-0.15, -0.1) is 0 Å². The first-order chi connectivity index (χ1) is 8.06. The third-order valence-electron chi connectivity index (χ3n) is 2.10. The fourth-order valence-corrected chi connectivity index (χ4v) is 1.38. The average Bonchev–Trinajstić information content (AvgIpc) is 2.58. The number of rotatable bonds is 2. The third kappa shape index (κ3) is 2.31. The number of nitro benzene ring substituents is 1. The van der Waals surface area contributed by atoms with Gasteiger partial charge in [-0.2, -0.15) is 0 Å². The van der Waals surface area contributed by atoms with E-state index in [-0.39, 0.29) is 16.6 Å². The molecule has 2 rings (SSSR count). The van der Waals surface area contributed by atoms with Crippen molar-refractivity contribution in [2.45, 2.75) is 0 Å². The lowest BCUT2D eigenvalue weighted by Crippen LogP contribution is -2.21. The molecule has 6 nitrogen and oxygen atoms in total. The van der Waals surface area contributed by atoms with Crippen LogP contribution in [-0.4, -0.2) is 9.91 Å². The number of aromatic nitrogens is 1. The van der Waals surface area contributed by atoms with Crippen molar-refractivity contribution < 1.29 is 9.34 Å². The second kappa shape index (κ2) is 4.09. The molecule has 0 radical (unpaired) electrons. The van der Waals surface area contributed by atoms with Gasteiger partial charge >= 0.3 is 5.63 Å². The summed E-state index contributed by atoms with van der Waals surface area (Å²) >= 11 is 0. The van der Waals surface area contributed by atoms with Gasteiger partial charge in [-0.25, -0.2) is 4.79 Å². The van der Waals surface area contributed by atoms with Crippen LogP contribution in [0.5, 0.6) is 0 Å². The van der Waals surface area contributed by atoms with Gasteiger partial charge in [0.2, 0.25) is 0 Å². The zero-order chi connectivity index (χ0) is 12.4. The number of non-ortho nitro benzene ring substituents is 1. The fraction of sp³-hybridized carbons (Fsp3) is 0. The molecule has 0 saturated heterocycles. The van der Waals surface area contributed by atoms with Crippen molar-refractivity contribution in [2.24, 2.45) is 0 Å². The summed E-state index contributed by atoms with van der Waals surface area (Å²) in [6, 6.07) is 5.93. The van der Waals surface area contributed by atoms with Crippen molar-refractivity contribution in [3.05, 3.63) is 61.3 Å². The average molecular weight is 232 g/mol. The van der Waals surface area contributed by atoms with Crippen molar-refractivity contribution in [1.82, 2.24) is 4.98 Å². The summed E-state index contributed by atoms with van der Waals surface area (Å²) in [7, 11) is 0. The first-order valence-electron chi connectivity index (χ1n) is 4.70. The number of aromatic amines is 1. The van der Waals surface area contributed by atoms with Gasteiger partial charge in [-0.05, 0) is 18.2 Å². The molecule has 1 heterocycles. The van der Waals surface area contributed by atoms with Crippen molar-refractivity contribution in [2.75, 3.05) is 0 Å². The largest absolute Gasteiger partial charge is 0.405 e. The molecular formula is C11H8N2O4. The van der Waals surface area contributed by atoms with Crippen LogP contribution in [-0.2, 0) is 0 Å². The van der Waals surface area contributed by atoms with E-state index < -0.39 is 10.5 Å². The highest BCUT2D eigenvalue weighted by atomic mass is 16.6. The van der Waals surface area contributed by atoms with Gasteiger partial charge in [0.15, 0.2) is 5.55 Å². The molecular weight excluding hydrogens is 224 g/mol. The van der Waals surface area contributed by atoms with Crippen molar-refractivity contribution in [3.63, 3.8) is 0 Å². The predicted octanol–water partition coefficient (Wildman–Crippen LogP) is 0.115. The maximum Gasteiger partial charge on any atom is 0.361 e. The maximum absolute atomic E-state index is 11.3. The lowest BCUT2D eigenvalue weighted by Gasteiger charge is -1.92. The number of oxazole rings is 1. The van der Waals surface area contributed by atoms with Crippen LogP contribution in [0.2, 0.25) is 0 Å². The minimum Gasteiger partial charge on any atom is -0.405 e. The van der Waals surface area contributed by atoms with Gasteiger partial charge in [0, 0.05) is 12.1 Å². The monoisotopic (exact) mass is 232 g/mol. The van der Waals surface area contributed by atoms with E-state index in [2.05, 4.69) is 16.0 Å². The van der Waals surface area contributed by atoms with E-state index >= 15 is 0 Å². The van der Waals surface area contributed by atoms with Gasteiger partial charge in [0.25, 0.3) is 5.69 Å². The highest BCUT2D eigenvalue weighted by Gasteiger charge is 2.04. The summed E-state index contributed by atoms with van der Waals surface area (Å²) in [6.07, 6.45) is 1.47. The fourth-order valence-electron chi connectivity index (χ4n) is 1.38. The smallest absolute Gasteiger partial charge is 0.361 e. The second-order valence-electron chi connectivity index (χ2n) is 3.35. The molecule has 17 heavy (non-hydrogen) atoms. The molecule has 0 bridgehead atoms. The number of benzene rings is 1. The maximum atomic E-state index is 11.3. The lowest BCUT2D eigenvalue weighted by atomic mass is 10.2. The van der Waals surface area contributed by atoms with E-state index in [9.17, 15) is 14.9 Å².